The molecule has 1 fully saturated rings. The number of thiocarbonyl (C=S) groups is 1. The minimum Gasteiger partial charge on any atom is -0.268 e. The lowest BCUT2D eigenvalue weighted by Gasteiger charge is -2.13. The van der Waals surface area contributed by atoms with Gasteiger partial charge in [0.1, 0.15) is 5.15 Å². The van der Waals surface area contributed by atoms with Crippen molar-refractivity contribution in [2.24, 2.45) is 5.92 Å². The van der Waals surface area contributed by atoms with Crippen LogP contribution in [0.3, 0.4) is 0 Å². The molecule has 0 unspecified atom stereocenters. The number of carbonyl (C=O) groups is 1. The molecule has 0 radical (unpaired) electrons. The van der Waals surface area contributed by atoms with E-state index in [0.29, 0.717) is 26.0 Å². The molecule has 0 N–H and O–H groups in total. The number of carbonyl (C=O) groups excluding carboxylic acids is 1. The lowest BCUT2D eigenvalue weighted by molar-refractivity contribution is -0.113. The van der Waals surface area contributed by atoms with Crippen molar-refractivity contribution in [3.05, 3.63) is 45.8 Å². The summed E-state index contributed by atoms with van der Waals surface area (Å²) in [6.07, 6.45) is 5.05. The van der Waals surface area contributed by atoms with Crippen molar-refractivity contribution in [3.63, 3.8) is 0 Å². The number of aromatic nitrogens is 3. The Morgan fingerprint density at radius 2 is 2.20 bits per heavy atom. The molecule has 25 heavy (non-hydrogen) atoms. The highest BCUT2D eigenvalue weighted by Gasteiger charge is 2.34. The number of thioether (sulfide) groups is 1. The standard InChI is InChI=1S/C17H17ClN4OS2/c1-10(2)9-21-15(18)13(11(3)20-21)7-14-16(23)22(17(24)25-14)12-5-4-6-19-8-12/h4-8,10H,9H2,1-3H3/b14-7-. The topological polar surface area (TPSA) is 51.0 Å². The van der Waals surface area contributed by atoms with Gasteiger partial charge in [-0.25, -0.2) is 0 Å². The molecule has 130 valence electrons. The van der Waals surface area contributed by atoms with Gasteiger partial charge in [-0.1, -0.05) is 49.4 Å². The summed E-state index contributed by atoms with van der Waals surface area (Å²) < 4.78 is 2.25. The molecule has 8 heteroatoms. The Bertz CT molecular complexity index is 861. The first-order chi connectivity index (χ1) is 11.9. The highest BCUT2D eigenvalue weighted by Crippen LogP contribution is 2.37. The molecule has 0 bridgehead atoms. The van der Waals surface area contributed by atoms with Crippen LogP contribution in [-0.2, 0) is 11.3 Å². The Kier molecular flexibility index (Phi) is 5.27. The molecule has 0 saturated carbocycles. The summed E-state index contributed by atoms with van der Waals surface area (Å²) in [6.45, 7) is 6.82. The zero-order valence-corrected chi connectivity index (χ0v) is 16.5. The van der Waals surface area contributed by atoms with Crippen LogP contribution in [0.15, 0.2) is 29.4 Å². The fourth-order valence-corrected chi connectivity index (χ4v) is 4.08. The second kappa shape index (κ2) is 7.27. The highest BCUT2D eigenvalue weighted by molar-refractivity contribution is 8.27. The molecule has 1 saturated heterocycles. The van der Waals surface area contributed by atoms with Gasteiger partial charge >= 0.3 is 0 Å². The van der Waals surface area contributed by atoms with E-state index in [9.17, 15) is 4.79 Å². The third-order valence-electron chi connectivity index (χ3n) is 3.62. The van der Waals surface area contributed by atoms with Crippen LogP contribution < -0.4 is 4.90 Å². The molecular weight excluding hydrogens is 376 g/mol. The third kappa shape index (κ3) is 3.63. The molecule has 2 aromatic rings. The van der Waals surface area contributed by atoms with E-state index >= 15 is 0 Å². The second-order valence-electron chi connectivity index (χ2n) is 6.09. The lowest BCUT2D eigenvalue weighted by Crippen LogP contribution is -2.27. The molecule has 0 aromatic carbocycles. The van der Waals surface area contributed by atoms with E-state index in [1.165, 1.54) is 16.7 Å². The number of halogens is 1. The number of anilines is 1. The molecule has 1 aliphatic heterocycles. The molecule has 2 aromatic heterocycles. The van der Waals surface area contributed by atoms with Crippen molar-refractivity contribution in [1.29, 1.82) is 0 Å². The van der Waals surface area contributed by atoms with Crippen molar-refractivity contribution in [2.45, 2.75) is 27.3 Å². The lowest BCUT2D eigenvalue weighted by atomic mass is 10.2. The zero-order valence-electron chi connectivity index (χ0n) is 14.1. The summed E-state index contributed by atoms with van der Waals surface area (Å²) in [5.41, 5.74) is 2.21. The van der Waals surface area contributed by atoms with Gasteiger partial charge in [-0.05, 0) is 31.1 Å². The maximum absolute atomic E-state index is 12.8. The van der Waals surface area contributed by atoms with Crippen LogP contribution in [0.2, 0.25) is 5.15 Å². The van der Waals surface area contributed by atoms with E-state index in [2.05, 4.69) is 23.9 Å². The number of pyridine rings is 1. The van der Waals surface area contributed by atoms with Gasteiger partial charge < -0.3 is 0 Å². The SMILES string of the molecule is Cc1nn(CC(C)C)c(Cl)c1/C=C1\SC(=S)N(c2cccnc2)C1=O. The van der Waals surface area contributed by atoms with Crippen LogP contribution >= 0.6 is 35.6 Å². The molecule has 0 aliphatic carbocycles. The van der Waals surface area contributed by atoms with Crippen molar-refractivity contribution in [1.82, 2.24) is 14.8 Å². The summed E-state index contributed by atoms with van der Waals surface area (Å²) in [7, 11) is 0. The van der Waals surface area contributed by atoms with Crippen molar-refractivity contribution in [2.75, 3.05) is 4.90 Å². The Balaban J connectivity index is 1.94. The number of amides is 1. The smallest absolute Gasteiger partial charge is 0.268 e. The molecule has 3 heterocycles. The van der Waals surface area contributed by atoms with E-state index in [0.717, 1.165) is 17.8 Å². The van der Waals surface area contributed by atoms with E-state index < -0.39 is 0 Å². The predicted molar refractivity (Wildman–Crippen MR) is 107 cm³/mol. The highest BCUT2D eigenvalue weighted by atomic mass is 35.5. The summed E-state index contributed by atoms with van der Waals surface area (Å²) >= 11 is 13.1. The van der Waals surface area contributed by atoms with Crippen LogP contribution in [0.25, 0.3) is 6.08 Å². The normalized spacial score (nSPS) is 16.5. The third-order valence-corrected chi connectivity index (χ3v) is 5.32. The Morgan fingerprint density at radius 1 is 1.44 bits per heavy atom. The maximum atomic E-state index is 12.8. The Hall–Kier alpha value is -1.70. The molecule has 1 aliphatic rings. The number of hydrogen-bond acceptors (Lipinski definition) is 5. The predicted octanol–water partition coefficient (Wildman–Crippen LogP) is 4.30. The molecule has 1 amide bonds. The second-order valence-corrected chi connectivity index (χ2v) is 8.13. The summed E-state index contributed by atoms with van der Waals surface area (Å²) in [6, 6.07) is 3.58. The zero-order chi connectivity index (χ0) is 18.1. The number of rotatable bonds is 4. The van der Waals surface area contributed by atoms with E-state index in [1.54, 1.807) is 35.3 Å². The molecule has 0 atom stereocenters. The van der Waals surface area contributed by atoms with Gasteiger partial charge in [-0.15, -0.1) is 0 Å². The minimum absolute atomic E-state index is 0.171. The maximum Gasteiger partial charge on any atom is 0.270 e. The summed E-state index contributed by atoms with van der Waals surface area (Å²) in [5, 5.41) is 5.02. The first kappa shape index (κ1) is 18.1. The monoisotopic (exact) mass is 392 g/mol. The van der Waals surface area contributed by atoms with Crippen LogP contribution in [0.4, 0.5) is 5.69 Å². The molecule has 5 nitrogen and oxygen atoms in total. The molecular formula is C17H17ClN4OS2. The largest absolute Gasteiger partial charge is 0.270 e. The van der Waals surface area contributed by atoms with E-state index in [1.807, 2.05) is 6.92 Å². The van der Waals surface area contributed by atoms with E-state index in [4.69, 9.17) is 23.8 Å². The molecule has 0 spiro atoms. The van der Waals surface area contributed by atoms with Gasteiger partial charge in [0.05, 0.1) is 22.5 Å². The van der Waals surface area contributed by atoms with Crippen LogP contribution in [0.5, 0.6) is 0 Å². The van der Waals surface area contributed by atoms with Gasteiger partial charge in [0.15, 0.2) is 4.32 Å². The summed E-state index contributed by atoms with van der Waals surface area (Å²) in [5.74, 6) is 0.253. The molecule has 3 rings (SSSR count). The van der Waals surface area contributed by atoms with Crippen molar-refractivity contribution >= 4 is 57.6 Å². The number of aryl methyl sites for hydroxylation is 1. The average Bonchev–Trinajstić information content (AvgIpc) is 2.98. The van der Waals surface area contributed by atoms with Crippen LogP contribution in [-0.4, -0.2) is 25.0 Å². The Morgan fingerprint density at radius 3 is 2.84 bits per heavy atom. The quantitative estimate of drug-likeness (QED) is 0.573. The van der Waals surface area contributed by atoms with Crippen LogP contribution in [0, 0.1) is 12.8 Å². The Labute approximate surface area is 161 Å². The fourth-order valence-electron chi connectivity index (χ4n) is 2.51. The van der Waals surface area contributed by atoms with Gasteiger partial charge in [0.25, 0.3) is 5.91 Å². The number of nitrogens with zero attached hydrogens (tertiary/aromatic N) is 4. The first-order valence-electron chi connectivity index (χ1n) is 7.79. The van der Waals surface area contributed by atoms with Crippen LogP contribution in [0.1, 0.15) is 25.1 Å². The van der Waals surface area contributed by atoms with Crippen molar-refractivity contribution < 1.29 is 4.79 Å². The number of hydrogen-bond donors (Lipinski definition) is 0. The van der Waals surface area contributed by atoms with E-state index in [-0.39, 0.29) is 5.91 Å². The summed E-state index contributed by atoms with van der Waals surface area (Å²) in [4.78, 5) is 18.8. The van der Waals surface area contributed by atoms with Crippen molar-refractivity contribution in [3.8, 4) is 0 Å². The van der Waals surface area contributed by atoms with Gasteiger partial charge in [0, 0.05) is 18.3 Å². The minimum atomic E-state index is -0.171. The fraction of sp³-hybridized carbons (Fsp3) is 0.294. The first-order valence-corrected chi connectivity index (χ1v) is 9.39. The average molecular weight is 393 g/mol. The van der Waals surface area contributed by atoms with Gasteiger partial charge in [-0.3, -0.25) is 19.4 Å². The van der Waals surface area contributed by atoms with Gasteiger partial charge in [-0.2, -0.15) is 5.10 Å². The van der Waals surface area contributed by atoms with Gasteiger partial charge in [0.2, 0.25) is 0 Å².